The van der Waals surface area contributed by atoms with E-state index in [-0.39, 0.29) is 5.91 Å². The van der Waals surface area contributed by atoms with Gasteiger partial charge in [0.25, 0.3) is 0 Å². The van der Waals surface area contributed by atoms with Gasteiger partial charge in [0, 0.05) is 18.0 Å². The number of unbranched alkanes of at least 4 members (excludes halogenated alkanes) is 1. The van der Waals surface area contributed by atoms with Crippen LogP contribution in [0.4, 0.5) is 11.4 Å². The van der Waals surface area contributed by atoms with Gasteiger partial charge in [-0.15, -0.1) is 0 Å². The second-order valence-electron chi connectivity index (χ2n) is 4.82. The number of hydrogen-bond donors (Lipinski definition) is 2. The number of hydrogen-bond acceptors (Lipinski definition) is 3. The lowest BCUT2D eigenvalue weighted by Gasteiger charge is -2.19. The van der Waals surface area contributed by atoms with Crippen molar-refractivity contribution in [2.45, 2.75) is 33.1 Å². The van der Waals surface area contributed by atoms with Crippen molar-refractivity contribution in [3.05, 3.63) is 23.2 Å². The molecule has 0 aromatic heterocycles. The van der Waals surface area contributed by atoms with Gasteiger partial charge in [0.15, 0.2) is 0 Å². The first-order valence-electron chi connectivity index (χ1n) is 7.14. The van der Waals surface area contributed by atoms with Crippen molar-refractivity contribution in [1.82, 2.24) is 4.90 Å². The molecular weight excluding hydrogens is 274 g/mol. The molecule has 0 atom stereocenters. The van der Waals surface area contributed by atoms with Crippen LogP contribution in [0.2, 0.25) is 5.02 Å². The monoisotopic (exact) mass is 297 g/mol. The highest BCUT2D eigenvalue weighted by atomic mass is 35.5. The lowest BCUT2D eigenvalue weighted by Crippen LogP contribution is -2.28. The lowest BCUT2D eigenvalue weighted by molar-refractivity contribution is -0.116. The Labute approximate surface area is 126 Å². The van der Waals surface area contributed by atoms with Crippen LogP contribution in [0, 0.1) is 0 Å². The quantitative estimate of drug-likeness (QED) is 0.723. The Morgan fingerprint density at radius 3 is 2.70 bits per heavy atom. The predicted molar refractivity (Wildman–Crippen MR) is 86.1 cm³/mol. The molecule has 5 heteroatoms. The second kappa shape index (κ2) is 8.82. The molecule has 4 nitrogen and oxygen atoms in total. The number of nitrogen functional groups attached to an aromatic ring is 1. The van der Waals surface area contributed by atoms with Crippen molar-refractivity contribution in [2.75, 3.05) is 30.7 Å². The van der Waals surface area contributed by atoms with Crippen LogP contribution in [0.25, 0.3) is 0 Å². The van der Waals surface area contributed by atoms with Gasteiger partial charge in [-0.2, -0.15) is 0 Å². The number of benzene rings is 1. The maximum atomic E-state index is 11.9. The number of nitrogens with one attached hydrogen (secondary N) is 1. The molecule has 0 unspecified atom stereocenters. The fraction of sp³-hybridized carbons (Fsp3) is 0.533. The number of carbonyl (C=O) groups excluding carboxylic acids is 1. The highest BCUT2D eigenvalue weighted by Crippen LogP contribution is 2.22. The summed E-state index contributed by atoms with van der Waals surface area (Å²) in [5.74, 6) is -0.0195. The molecule has 0 aliphatic rings. The minimum Gasteiger partial charge on any atom is -0.397 e. The lowest BCUT2D eigenvalue weighted by atomic mass is 10.2. The van der Waals surface area contributed by atoms with Gasteiger partial charge in [0.05, 0.1) is 11.4 Å². The molecule has 112 valence electrons. The summed E-state index contributed by atoms with van der Waals surface area (Å²) in [4.78, 5) is 14.2. The van der Waals surface area contributed by atoms with E-state index in [0.29, 0.717) is 22.8 Å². The number of nitrogens with zero attached hydrogens (tertiary/aromatic N) is 1. The zero-order chi connectivity index (χ0) is 15.0. The van der Waals surface area contributed by atoms with Crippen molar-refractivity contribution < 1.29 is 4.79 Å². The van der Waals surface area contributed by atoms with Gasteiger partial charge in [0.1, 0.15) is 0 Å². The van der Waals surface area contributed by atoms with E-state index in [4.69, 9.17) is 17.3 Å². The number of carbonyl (C=O) groups is 1. The van der Waals surface area contributed by atoms with Crippen LogP contribution in [-0.4, -0.2) is 30.4 Å². The minimum absolute atomic E-state index is 0.0195. The summed E-state index contributed by atoms with van der Waals surface area (Å²) in [6.07, 6.45) is 2.81. The summed E-state index contributed by atoms with van der Waals surface area (Å²) in [7, 11) is 0. The Morgan fingerprint density at radius 1 is 1.35 bits per heavy atom. The summed E-state index contributed by atoms with van der Waals surface area (Å²) in [5.41, 5.74) is 6.92. The fourth-order valence-corrected chi connectivity index (χ4v) is 2.11. The van der Waals surface area contributed by atoms with Gasteiger partial charge in [-0.1, -0.05) is 31.9 Å². The van der Waals surface area contributed by atoms with Crippen molar-refractivity contribution in [3.63, 3.8) is 0 Å². The zero-order valence-electron chi connectivity index (χ0n) is 12.3. The van der Waals surface area contributed by atoms with Gasteiger partial charge in [-0.3, -0.25) is 4.79 Å². The molecule has 0 heterocycles. The number of anilines is 2. The van der Waals surface area contributed by atoms with Crippen LogP contribution in [0.15, 0.2) is 18.2 Å². The molecule has 3 N–H and O–H groups in total. The first-order valence-corrected chi connectivity index (χ1v) is 7.51. The maximum Gasteiger partial charge on any atom is 0.225 e. The van der Waals surface area contributed by atoms with Crippen molar-refractivity contribution in [2.24, 2.45) is 0 Å². The molecule has 0 aliphatic heterocycles. The van der Waals surface area contributed by atoms with Crippen LogP contribution in [-0.2, 0) is 4.79 Å². The summed E-state index contributed by atoms with van der Waals surface area (Å²) in [6, 6.07) is 5.08. The molecule has 0 saturated carbocycles. The number of rotatable bonds is 8. The first kappa shape index (κ1) is 16.8. The van der Waals surface area contributed by atoms with E-state index in [1.807, 2.05) is 0 Å². The normalized spacial score (nSPS) is 10.8. The third kappa shape index (κ3) is 5.80. The van der Waals surface area contributed by atoms with E-state index in [2.05, 4.69) is 24.1 Å². The molecule has 0 fully saturated rings. The van der Waals surface area contributed by atoms with Crippen LogP contribution < -0.4 is 11.1 Å². The Balaban J connectivity index is 2.43. The molecule has 0 saturated heterocycles. The number of amides is 1. The third-order valence-electron chi connectivity index (χ3n) is 3.22. The molecule has 0 bridgehead atoms. The molecule has 1 amide bonds. The topological polar surface area (TPSA) is 58.4 Å². The molecule has 1 rings (SSSR count). The molecule has 1 aromatic carbocycles. The molecule has 0 radical (unpaired) electrons. The van der Waals surface area contributed by atoms with Gasteiger partial charge in [0.2, 0.25) is 5.91 Å². The minimum atomic E-state index is -0.0195. The maximum absolute atomic E-state index is 11.9. The van der Waals surface area contributed by atoms with Crippen molar-refractivity contribution in [1.29, 1.82) is 0 Å². The van der Waals surface area contributed by atoms with Gasteiger partial charge >= 0.3 is 0 Å². The van der Waals surface area contributed by atoms with Crippen molar-refractivity contribution >= 4 is 28.9 Å². The summed E-state index contributed by atoms with van der Waals surface area (Å²) >= 11 is 5.82. The highest BCUT2D eigenvalue weighted by molar-refractivity contribution is 6.31. The average Bonchev–Trinajstić information content (AvgIpc) is 2.42. The SMILES string of the molecule is CCCCN(CC)CCC(=O)Nc1ccc(Cl)cc1N. The predicted octanol–water partition coefficient (Wildman–Crippen LogP) is 3.37. The molecule has 0 aliphatic carbocycles. The number of halogens is 1. The molecule has 1 aromatic rings. The van der Waals surface area contributed by atoms with E-state index in [1.165, 1.54) is 12.8 Å². The third-order valence-corrected chi connectivity index (χ3v) is 3.45. The van der Waals surface area contributed by atoms with E-state index in [1.54, 1.807) is 18.2 Å². The molecule has 20 heavy (non-hydrogen) atoms. The first-order chi connectivity index (χ1) is 9.56. The summed E-state index contributed by atoms with van der Waals surface area (Å²) < 4.78 is 0. The number of nitrogens with two attached hydrogens (primary N) is 1. The van der Waals surface area contributed by atoms with E-state index in [9.17, 15) is 4.79 Å². The van der Waals surface area contributed by atoms with Gasteiger partial charge < -0.3 is 16.0 Å². The molecular formula is C15H24ClN3O. The van der Waals surface area contributed by atoms with Gasteiger partial charge in [-0.25, -0.2) is 0 Å². The zero-order valence-corrected chi connectivity index (χ0v) is 13.0. The van der Waals surface area contributed by atoms with E-state index < -0.39 is 0 Å². The standard InChI is InChI=1S/C15H24ClN3O/c1-3-5-9-19(4-2)10-8-15(20)18-14-7-6-12(16)11-13(14)17/h6-7,11H,3-5,8-10,17H2,1-2H3,(H,18,20). The Bertz CT molecular complexity index is 437. The Kier molecular flexibility index (Phi) is 7.41. The Morgan fingerprint density at radius 2 is 2.10 bits per heavy atom. The van der Waals surface area contributed by atoms with Crippen LogP contribution in [0.3, 0.4) is 0 Å². The fourth-order valence-electron chi connectivity index (χ4n) is 1.93. The van der Waals surface area contributed by atoms with Crippen LogP contribution in [0.1, 0.15) is 33.1 Å². The summed E-state index contributed by atoms with van der Waals surface area (Å²) in [6.45, 7) is 7.07. The highest BCUT2D eigenvalue weighted by Gasteiger charge is 2.08. The Hall–Kier alpha value is -1.26. The van der Waals surface area contributed by atoms with Gasteiger partial charge in [-0.05, 0) is 37.7 Å². The molecule has 0 spiro atoms. The van der Waals surface area contributed by atoms with Crippen LogP contribution >= 0.6 is 11.6 Å². The largest absolute Gasteiger partial charge is 0.397 e. The van der Waals surface area contributed by atoms with Crippen molar-refractivity contribution in [3.8, 4) is 0 Å². The summed E-state index contributed by atoms with van der Waals surface area (Å²) in [5, 5.41) is 3.39. The second-order valence-corrected chi connectivity index (χ2v) is 5.25. The average molecular weight is 298 g/mol. The smallest absolute Gasteiger partial charge is 0.225 e. The van der Waals surface area contributed by atoms with E-state index >= 15 is 0 Å². The van der Waals surface area contributed by atoms with E-state index in [0.717, 1.165) is 19.6 Å². The van der Waals surface area contributed by atoms with Crippen LogP contribution in [0.5, 0.6) is 0 Å².